The monoisotopic (exact) mass is 257 g/mol. The summed E-state index contributed by atoms with van der Waals surface area (Å²) in [5, 5.41) is 3.04. The van der Waals surface area contributed by atoms with Gasteiger partial charge < -0.3 is 15.8 Å². The van der Waals surface area contributed by atoms with Gasteiger partial charge in [0.1, 0.15) is 0 Å². The van der Waals surface area contributed by atoms with Gasteiger partial charge in [-0.05, 0) is 33.6 Å². The van der Waals surface area contributed by atoms with Gasteiger partial charge in [0, 0.05) is 19.0 Å². The van der Waals surface area contributed by atoms with Crippen LogP contribution in [0, 0.1) is 0 Å². The highest BCUT2D eigenvalue weighted by Crippen LogP contribution is 2.04. The molecule has 0 aliphatic heterocycles. The largest absolute Gasteiger partial charge is 0.466 e. The van der Waals surface area contributed by atoms with E-state index in [1.165, 1.54) is 0 Å². The van der Waals surface area contributed by atoms with Crippen LogP contribution in [0.3, 0.4) is 0 Å². The second-order valence-electron chi connectivity index (χ2n) is 4.54. The van der Waals surface area contributed by atoms with Crippen molar-refractivity contribution in [2.75, 3.05) is 13.2 Å². The van der Waals surface area contributed by atoms with Crippen molar-refractivity contribution >= 4 is 11.9 Å². The SMILES string of the molecule is CCOC(=O)CCCCCCN=C(N)NC(C)C. The second kappa shape index (κ2) is 10.9. The van der Waals surface area contributed by atoms with Crippen molar-refractivity contribution in [3.63, 3.8) is 0 Å². The molecular weight excluding hydrogens is 230 g/mol. The third kappa shape index (κ3) is 11.2. The summed E-state index contributed by atoms with van der Waals surface area (Å²) < 4.78 is 4.85. The van der Waals surface area contributed by atoms with E-state index in [0.29, 0.717) is 25.0 Å². The van der Waals surface area contributed by atoms with Crippen LogP contribution in [-0.4, -0.2) is 31.1 Å². The van der Waals surface area contributed by atoms with Crippen molar-refractivity contribution in [1.29, 1.82) is 0 Å². The number of aliphatic imine (C=N–C) groups is 1. The van der Waals surface area contributed by atoms with Crippen LogP contribution in [0.5, 0.6) is 0 Å². The van der Waals surface area contributed by atoms with Crippen molar-refractivity contribution in [3.8, 4) is 0 Å². The Labute approximate surface area is 110 Å². The van der Waals surface area contributed by atoms with Crippen LogP contribution in [-0.2, 0) is 9.53 Å². The standard InChI is InChI=1S/C13H27N3O2/c1-4-18-12(17)9-7-5-6-8-10-15-13(14)16-11(2)3/h11H,4-10H2,1-3H3,(H3,14,15,16). The number of nitrogens with two attached hydrogens (primary N) is 1. The maximum atomic E-state index is 11.1. The summed E-state index contributed by atoms with van der Waals surface area (Å²) >= 11 is 0. The summed E-state index contributed by atoms with van der Waals surface area (Å²) in [6, 6.07) is 0.318. The van der Waals surface area contributed by atoms with Crippen LogP contribution >= 0.6 is 0 Å². The lowest BCUT2D eigenvalue weighted by Crippen LogP contribution is -2.36. The molecule has 0 saturated heterocycles. The van der Waals surface area contributed by atoms with Gasteiger partial charge in [-0.3, -0.25) is 9.79 Å². The highest BCUT2D eigenvalue weighted by molar-refractivity contribution is 5.78. The van der Waals surface area contributed by atoms with Gasteiger partial charge in [0.25, 0.3) is 0 Å². The third-order valence-electron chi connectivity index (χ3n) is 2.31. The van der Waals surface area contributed by atoms with E-state index >= 15 is 0 Å². The van der Waals surface area contributed by atoms with Crippen LogP contribution in [0.25, 0.3) is 0 Å². The number of carbonyl (C=O) groups excluding carboxylic acids is 1. The predicted octanol–water partition coefficient (Wildman–Crippen LogP) is 1.81. The number of nitrogens with one attached hydrogen (secondary N) is 1. The molecule has 18 heavy (non-hydrogen) atoms. The first-order valence-corrected chi connectivity index (χ1v) is 6.78. The first-order valence-electron chi connectivity index (χ1n) is 6.78. The average Bonchev–Trinajstić information content (AvgIpc) is 2.27. The van der Waals surface area contributed by atoms with Crippen LogP contribution in [0.4, 0.5) is 0 Å². The van der Waals surface area contributed by atoms with Gasteiger partial charge in [-0.15, -0.1) is 0 Å². The van der Waals surface area contributed by atoms with Gasteiger partial charge in [0.05, 0.1) is 6.61 Å². The molecule has 0 spiro atoms. The molecule has 0 aromatic rings. The number of esters is 1. The van der Waals surface area contributed by atoms with E-state index in [9.17, 15) is 4.79 Å². The Hall–Kier alpha value is -1.26. The lowest BCUT2D eigenvalue weighted by atomic mass is 10.1. The Morgan fingerprint density at radius 1 is 1.28 bits per heavy atom. The molecule has 0 aliphatic rings. The maximum absolute atomic E-state index is 11.1. The van der Waals surface area contributed by atoms with E-state index < -0.39 is 0 Å². The first-order chi connectivity index (χ1) is 8.56. The van der Waals surface area contributed by atoms with Crippen molar-refractivity contribution in [2.24, 2.45) is 10.7 Å². The van der Waals surface area contributed by atoms with E-state index in [0.717, 1.165) is 32.2 Å². The van der Waals surface area contributed by atoms with Crippen molar-refractivity contribution in [2.45, 2.75) is 58.9 Å². The molecule has 0 rings (SSSR count). The summed E-state index contributed by atoms with van der Waals surface area (Å²) in [4.78, 5) is 15.3. The van der Waals surface area contributed by atoms with E-state index in [2.05, 4.69) is 10.3 Å². The summed E-state index contributed by atoms with van der Waals surface area (Å²) in [5.41, 5.74) is 5.67. The number of unbranched alkanes of at least 4 members (excludes halogenated alkanes) is 3. The molecular formula is C13H27N3O2. The van der Waals surface area contributed by atoms with Gasteiger partial charge in [-0.1, -0.05) is 12.8 Å². The Bertz CT molecular complexity index is 253. The first kappa shape index (κ1) is 16.7. The third-order valence-corrected chi connectivity index (χ3v) is 2.31. The Morgan fingerprint density at radius 3 is 2.56 bits per heavy atom. The van der Waals surface area contributed by atoms with Crippen LogP contribution in [0.2, 0.25) is 0 Å². The van der Waals surface area contributed by atoms with Crippen molar-refractivity contribution in [3.05, 3.63) is 0 Å². The highest BCUT2D eigenvalue weighted by Gasteiger charge is 2.00. The molecule has 0 aromatic carbocycles. The van der Waals surface area contributed by atoms with Gasteiger partial charge >= 0.3 is 5.97 Å². The molecule has 106 valence electrons. The normalized spacial score (nSPS) is 11.7. The molecule has 0 fully saturated rings. The molecule has 3 N–H and O–H groups in total. The molecule has 0 radical (unpaired) electrons. The zero-order chi connectivity index (χ0) is 13.8. The predicted molar refractivity (Wildman–Crippen MR) is 74.5 cm³/mol. The minimum atomic E-state index is -0.0964. The fourth-order valence-electron chi connectivity index (χ4n) is 1.51. The summed E-state index contributed by atoms with van der Waals surface area (Å²) in [5.74, 6) is 0.414. The molecule has 0 unspecified atom stereocenters. The Kier molecular flexibility index (Phi) is 10.1. The number of guanidine groups is 1. The molecule has 0 aromatic heterocycles. The molecule has 5 nitrogen and oxygen atoms in total. The van der Waals surface area contributed by atoms with Gasteiger partial charge in [0.2, 0.25) is 0 Å². The number of ether oxygens (including phenoxy) is 1. The Morgan fingerprint density at radius 2 is 1.94 bits per heavy atom. The van der Waals surface area contributed by atoms with Gasteiger partial charge in [-0.25, -0.2) is 0 Å². The van der Waals surface area contributed by atoms with E-state index in [4.69, 9.17) is 10.5 Å². The van der Waals surface area contributed by atoms with Crippen molar-refractivity contribution < 1.29 is 9.53 Å². The molecule has 0 heterocycles. The summed E-state index contributed by atoms with van der Waals surface area (Å²) in [7, 11) is 0. The molecule has 0 amide bonds. The molecule has 0 aliphatic carbocycles. The lowest BCUT2D eigenvalue weighted by Gasteiger charge is -2.08. The van der Waals surface area contributed by atoms with E-state index in [-0.39, 0.29) is 5.97 Å². The molecule has 5 heteroatoms. The molecule has 0 bridgehead atoms. The minimum absolute atomic E-state index is 0.0964. The zero-order valence-electron chi connectivity index (χ0n) is 11.9. The lowest BCUT2D eigenvalue weighted by molar-refractivity contribution is -0.143. The number of carbonyl (C=O) groups is 1. The van der Waals surface area contributed by atoms with Gasteiger partial charge in [-0.2, -0.15) is 0 Å². The smallest absolute Gasteiger partial charge is 0.305 e. The minimum Gasteiger partial charge on any atom is -0.466 e. The van der Waals surface area contributed by atoms with Gasteiger partial charge in [0.15, 0.2) is 5.96 Å². The zero-order valence-corrected chi connectivity index (χ0v) is 11.9. The average molecular weight is 257 g/mol. The fraction of sp³-hybridized carbons (Fsp3) is 0.846. The summed E-state index contributed by atoms with van der Waals surface area (Å²) in [6.45, 7) is 7.08. The van der Waals surface area contributed by atoms with Crippen LogP contribution < -0.4 is 11.1 Å². The number of hydrogen-bond donors (Lipinski definition) is 2. The number of rotatable bonds is 9. The number of nitrogens with zero attached hydrogens (tertiary/aromatic N) is 1. The number of hydrogen-bond acceptors (Lipinski definition) is 3. The molecule has 0 saturated carbocycles. The maximum Gasteiger partial charge on any atom is 0.305 e. The van der Waals surface area contributed by atoms with Crippen LogP contribution in [0.1, 0.15) is 52.9 Å². The molecule has 0 atom stereocenters. The van der Waals surface area contributed by atoms with E-state index in [1.54, 1.807) is 0 Å². The quantitative estimate of drug-likeness (QED) is 0.286. The van der Waals surface area contributed by atoms with E-state index in [1.807, 2.05) is 20.8 Å². The Balaban J connectivity index is 3.38. The second-order valence-corrected chi connectivity index (χ2v) is 4.54. The highest BCUT2D eigenvalue weighted by atomic mass is 16.5. The van der Waals surface area contributed by atoms with Crippen LogP contribution in [0.15, 0.2) is 4.99 Å². The van der Waals surface area contributed by atoms with Crippen molar-refractivity contribution in [1.82, 2.24) is 5.32 Å². The topological polar surface area (TPSA) is 76.7 Å². The summed E-state index contributed by atoms with van der Waals surface area (Å²) in [6.07, 6.45) is 4.52. The fourth-order valence-corrected chi connectivity index (χ4v) is 1.51.